The summed E-state index contributed by atoms with van der Waals surface area (Å²) in [5.74, 6) is 5.37. The maximum atomic E-state index is 5.37. The highest BCUT2D eigenvalue weighted by Gasteiger charge is 2.03. The molecule has 7 heavy (non-hydrogen) atoms. The molecule has 1 saturated heterocycles. The molecule has 2 N–H and O–H groups in total. The van der Waals surface area contributed by atoms with Crippen LogP contribution in [0.5, 0.6) is 0 Å². The Morgan fingerprint density at radius 2 is 1.57 bits per heavy atom. The Morgan fingerprint density at radius 1 is 1.14 bits per heavy atom. The monoisotopic (exact) mass is 122 g/mol. The third-order valence-corrected chi connectivity index (χ3v) is 1.14. The lowest BCUT2D eigenvalue weighted by Gasteiger charge is -2.01. The van der Waals surface area contributed by atoms with Crippen LogP contribution in [0.25, 0.3) is 0 Å². The zero-order valence-corrected chi connectivity index (χ0v) is 5.08. The van der Waals surface area contributed by atoms with E-state index in [4.69, 9.17) is 5.84 Å². The Balaban J connectivity index is 0.000000360. The van der Waals surface area contributed by atoms with Crippen molar-refractivity contribution in [3.05, 3.63) is 0 Å². The number of rotatable bonds is 0. The highest BCUT2D eigenvalue weighted by atomic mass is 35.5. The summed E-state index contributed by atoms with van der Waals surface area (Å²) in [6.45, 7) is 2.19. The normalized spacial score (nSPS) is 21.9. The Hall–Kier alpha value is 0.210. The van der Waals surface area contributed by atoms with E-state index in [1.165, 1.54) is 12.8 Å². The highest BCUT2D eigenvalue weighted by molar-refractivity contribution is 5.85. The van der Waals surface area contributed by atoms with Crippen LogP contribution >= 0.6 is 12.4 Å². The van der Waals surface area contributed by atoms with E-state index in [-0.39, 0.29) is 12.4 Å². The first-order chi connectivity index (χ1) is 2.89. The SMILES string of the molecule is Cl.NN1CCCC1. The molecule has 0 aromatic rings. The Kier molecular flexibility index (Phi) is 3.34. The molecule has 0 aromatic heterocycles. The van der Waals surface area contributed by atoms with E-state index < -0.39 is 0 Å². The molecule has 0 unspecified atom stereocenters. The van der Waals surface area contributed by atoms with Gasteiger partial charge in [0.15, 0.2) is 0 Å². The summed E-state index contributed by atoms with van der Waals surface area (Å²) >= 11 is 0. The van der Waals surface area contributed by atoms with E-state index in [1.807, 2.05) is 5.01 Å². The van der Waals surface area contributed by atoms with Crippen molar-refractivity contribution in [3.63, 3.8) is 0 Å². The Bertz CT molecular complexity index is 43.0. The zero-order valence-electron chi connectivity index (χ0n) is 4.26. The molecule has 0 spiro atoms. The smallest absolute Gasteiger partial charge is 0.0129 e. The van der Waals surface area contributed by atoms with Crippen LogP contribution in [0.2, 0.25) is 0 Å². The largest absolute Gasteiger partial charge is 0.269 e. The topological polar surface area (TPSA) is 29.3 Å². The van der Waals surface area contributed by atoms with Gasteiger partial charge >= 0.3 is 0 Å². The summed E-state index contributed by atoms with van der Waals surface area (Å²) in [4.78, 5) is 0. The van der Waals surface area contributed by atoms with Crippen molar-refractivity contribution >= 4 is 12.4 Å². The molecular weight excluding hydrogens is 112 g/mol. The maximum Gasteiger partial charge on any atom is 0.0129 e. The van der Waals surface area contributed by atoms with Gasteiger partial charge in [-0.2, -0.15) is 0 Å². The lowest BCUT2D eigenvalue weighted by molar-refractivity contribution is 0.355. The molecule has 1 fully saturated rings. The molecule has 0 saturated carbocycles. The van der Waals surface area contributed by atoms with Crippen LogP contribution in [0.3, 0.4) is 0 Å². The van der Waals surface area contributed by atoms with Gasteiger partial charge in [0.2, 0.25) is 0 Å². The second kappa shape index (κ2) is 3.24. The number of hydrogen-bond donors (Lipinski definition) is 1. The van der Waals surface area contributed by atoms with E-state index in [1.54, 1.807) is 0 Å². The van der Waals surface area contributed by atoms with Crippen molar-refractivity contribution in [1.82, 2.24) is 5.01 Å². The van der Waals surface area contributed by atoms with Gasteiger partial charge in [-0.1, -0.05) is 0 Å². The molecule has 0 atom stereocenters. The molecule has 0 aliphatic carbocycles. The molecule has 0 bridgehead atoms. The molecule has 44 valence electrons. The lowest BCUT2D eigenvalue weighted by atomic mass is 10.4. The van der Waals surface area contributed by atoms with E-state index in [0.29, 0.717) is 0 Å². The van der Waals surface area contributed by atoms with Gasteiger partial charge in [0.25, 0.3) is 0 Å². The number of nitrogens with two attached hydrogens (primary N) is 1. The molecule has 3 heteroatoms. The molecule has 1 aliphatic heterocycles. The van der Waals surface area contributed by atoms with E-state index >= 15 is 0 Å². The number of halogens is 1. The zero-order chi connectivity index (χ0) is 4.41. The van der Waals surface area contributed by atoms with Crippen LogP contribution in [0.1, 0.15) is 12.8 Å². The van der Waals surface area contributed by atoms with Gasteiger partial charge < -0.3 is 0 Å². The number of hydrogen-bond acceptors (Lipinski definition) is 2. The minimum atomic E-state index is 0. The van der Waals surface area contributed by atoms with Gasteiger partial charge in [0.1, 0.15) is 0 Å². The van der Waals surface area contributed by atoms with E-state index in [0.717, 1.165) is 13.1 Å². The second-order valence-electron chi connectivity index (χ2n) is 1.74. The van der Waals surface area contributed by atoms with Crippen molar-refractivity contribution < 1.29 is 0 Å². The quantitative estimate of drug-likeness (QED) is 0.471. The molecular formula is C4H11ClN2. The van der Waals surface area contributed by atoms with Crippen LogP contribution < -0.4 is 5.84 Å². The van der Waals surface area contributed by atoms with Crippen molar-refractivity contribution in [2.24, 2.45) is 5.84 Å². The van der Waals surface area contributed by atoms with Crippen molar-refractivity contribution in [2.45, 2.75) is 12.8 Å². The fourth-order valence-electron chi connectivity index (χ4n) is 0.742. The Morgan fingerprint density at radius 3 is 1.71 bits per heavy atom. The van der Waals surface area contributed by atoms with E-state index in [9.17, 15) is 0 Å². The molecule has 0 aromatic carbocycles. The van der Waals surface area contributed by atoms with Crippen LogP contribution in [0.15, 0.2) is 0 Å². The molecule has 2 nitrogen and oxygen atoms in total. The van der Waals surface area contributed by atoms with Crippen molar-refractivity contribution in [2.75, 3.05) is 13.1 Å². The van der Waals surface area contributed by atoms with Crippen molar-refractivity contribution in [1.29, 1.82) is 0 Å². The van der Waals surface area contributed by atoms with Crippen molar-refractivity contribution in [3.8, 4) is 0 Å². The standard InChI is InChI=1S/C4H10N2.ClH/c5-6-3-1-2-4-6;/h1-5H2;1H. The van der Waals surface area contributed by atoms with Crippen LogP contribution in [0, 0.1) is 0 Å². The average Bonchev–Trinajstić information content (AvgIpc) is 1.86. The van der Waals surface area contributed by atoms with Crippen LogP contribution in [-0.4, -0.2) is 18.1 Å². The van der Waals surface area contributed by atoms with Gasteiger partial charge in [0, 0.05) is 13.1 Å². The summed E-state index contributed by atoms with van der Waals surface area (Å²) in [6.07, 6.45) is 2.58. The summed E-state index contributed by atoms with van der Waals surface area (Å²) in [5.41, 5.74) is 0. The molecule has 1 aliphatic rings. The molecule has 0 radical (unpaired) electrons. The minimum absolute atomic E-state index is 0. The van der Waals surface area contributed by atoms with Gasteiger partial charge in [-0.15, -0.1) is 12.4 Å². The second-order valence-corrected chi connectivity index (χ2v) is 1.74. The summed E-state index contributed by atoms with van der Waals surface area (Å²) in [6, 6.07) is 0. The fraction of sp³-hybridized carbons (Fsp3) is 1.00. The average molecular weight is 123 g/mol. The van der Waals surface area contributed by atoms with Gasteiger partial charge in [-0.25, -0.2) is 5.01 Å². The predicted octanol–water partition coefficient (Wildman–Crippen LogP) is 0.378. The number of nitrogens with zero attached hydrogens (tertiary/aromatic N) is 1. The first-order valence-electron chi connectivity index (χ1n) is 2.39. The van der Waals surface area contributed by atoms with E-state index in [2.05, 4.69) is 0 Å². The van der Waals surface area contributed by atoms with Gasteiger partial charge in [0.05, 0.1) is 0 Å². The lowest BCUT2D eigenvalue weighted by Crippen LogP contribution is -2.26. The molecule has 0 amide bonds. The van der Waals surface area contributed by atoms with Gasteiger partial charge in [-0.05, 0) is 12.8 Å². The van der Waals surface area contributed by atoms with Gasteiger partial charge in [-0.3, -0.25) is 5.84 Å². The third kappa shape index (κ3) is 2.12. The summed E-state index contributed by atoms with van der Waals surface area (Å²) in [7, 11) is 0. The highest BCUT2D eigenvalue weighted by Crippen LogP contribution is 1.99. The predicted molar refractivity (Wildman–Crippen MR) is 32.2 cm³/mol. The first kappa shape index (κ1) is 7.21. The maximum absolute atomic E-state index is 5.37. The molecule has 1 heterocycles. The Labute approximate surface area is 50.1 Å². The summed E-state index contributed by atoms with van der Waals surface area (Å²) < 4.78 is 0. The number of hydrazine groups is 1. The van der Waals surface area contributed by atoms with Crippen LogP contribution in [0.4, 0.5) is 0 Å². The van der Waals surface area contributed by atoms with Crippen LogP contribution in [-0.2, 0) is 0 Å². The molecule has 1 rings (SSSR count). The fourth-order valence-corrected chi connectivity index (χ4v) is 0.742. The minimum Gasteiger partial charge on any atom is -0.269 e. The third-order valence-electron chi connectivity index (χ3n) is 1.14. The summed E-state index contributed by atoms with van der Waals surface area (Å²) in [5, 5.41) is 1.86. The first-order valence-corrected chi connectivity index (χ1v) is 2.39.